The third-order valence-electron chi connectivity index (χ3n) is 2.76. The largest absolute Gasteiger partial charge is 0.292 e. The van der Waals surface area contributed by atoms with E-state index in [1.807, 2.05) is 6.92 Å². The van der Waals surface area contributed by atoms with Crippen molar-refractivity contribution in [3.63, 3.8) is 0 Å². The van der Waals surface area contributed by atoms with Crippen LogP contribution in [0.2, 0.25) is 10.0 Å². The van der Waals surface area contributed by atoms with Gasteiger partial charge in [-0.1, -0.05) is 29.3 Å². The maximum absolute atomic E-state index is 12.4. The van der Waals surface area contributed by atoms with Crippen molar-refractivity contribution in [2.24, 2.45) is 0 Å². The van der Waals surface area contributed by atoms with Gasteiger partial charge in [0.15, 0.2) is 5.78 Å². The van der Waals surface area contributed by atoms with Crippen molar-refractivity contribution in [3.8, 4) is 0 Å². The van der Waals surface area contributed by atoms with Gasteiger partial charge in [0.05, 0.1) is 10.7 Å². The third kappa shape index (κ3) is 3.02. The van der Waals surface area contributed by atoms with E-state index >= 15 is 0 Å². The summed E-state index contributed by atoms with van der Waals surface area (Å²) in [5, 5.41) is 5.12. The molecule has 0 N–H and O–H groups in total. The summed E-state index contributed by atoms with van der Waals surface area (Å²) in [6, 6.07) is 5.20. The Bertz CT molecular complexity index is 605. The van der Waals surface area contributed by atoms with Gasteiger partial charge in [0.1, 0.15) is 5.69 Å². The highest BCUT2D eigenvalue weighted by Gasteiger charge is 2.19. The Balaban J connectivity index is 2.34. The number of nitrogens with zero attached hydrogens (tertiary/aromatic N) is 2. The number of Topliss-reactive ketones (excluding diaryl/α,β-unsaturated/α-hetero) is 1. The van der Waals surface area contributed by atoms with E-state index in [-0.39, 0.29) is 12.2 Å². The molecule has 0 aliphatic rings. The fraction of sp³-hybridized carbons (Fsp3) is 0.231. The van der Waals surface area contributed by atoms with Crippen molar-refractivity contribution < 1.29 is 4.79 Å². The molecule has 19 heavy (non-hydrogen) atoms. The molecule has 0 bridgehead atoms. The number of hydrogen-bond acceptors (Lipinski definition) is 2. The molecule has 0 spiro atoms. The maximum Gasteiger partial charge on any atom is 0.186 e. The SMILES string of the molecule is CCn1ncc(Br)c1C(=O)Cc1c(Cl)cccc1Cl. The van der Waals surface area contributed by atoms with Crippen LogP contribution >= 0.6 is 39.1 Å². The third-order valence-corrected chi connectivity index (χ3v) is 4.05. The quantitative estimate of drug-likeness (QED) is 0.756. The minimum atomic E-state index is -0.0683. The van der Waals surface area contributed by atoms with Crippen molar-refractivity contribution >= 4 is 44.9 Å². The number of carbonyl (C=O) groups is 1. The van der Waals surface area contributed by atoms with Gasteiger partial charge in [-0.3, -0.25) is 9.48 Å². The molecule has 2 aromatic rings. The second-order valence-electron chi connectivity index (χ2n) is 3.96. The highest BCUT2D eigenvalue weighted by Crippen LogP contribution is 2.27. The first kappa shape index (κ1) is 14.6. The predicted octanol–water partition coefficient (Wildman–Crippen LogP) is 4.40. The Morgan fingerprint density at radius 2 is 2.00 bits per heavy atom. The van der Waals surface area contributed by atoms with Crippen LogP contribution in [0, 0.1) is 0 Å². The van der Waals surface area contributed by atoms with Gasteiger partial charge < -0.3 is 0 Å². The van der Waals surface area contributed by atoms with Gasteiger partial charge in [-0.25, -0.2) is 0 Å². The Morgan fingerprint density at radius 1 is 1.37 bits per heavy atom. The molecule has 1 heterocycles. The molecule has 0 radical (unpaired) electrons. The topological polar surface area (TPSA) is 34.9 Å². The summed E-state index contributed by atoms with van der Waals surface area (Å²) >= 11 is 15.5. The predicted molar refractivity (Wildman–Crippen MR) is 80.1 cm³/mol. The average Bonchev–Trinajstić information content (AvgIpc) is 2.75. The van der Waals surface area contributed by atoms with Gasteiger partial charge in [-0.15, -0.1) is 0 Å². The van der Waals surface area contributed by atoms with E-state index in [4.69, 9.17) is 23.2 Å². The molecule has 1 aromatic heterocycles. The monoisotopic (exact) mass is 360 g/mol. The first-order valence-electron chi connectivity index (χ1n) is 5.72. The van der Waals surface area contributed by atoms with E-state index in [1.165, 1.54) is 0 Å². The lowest BCUT2D eigenvalue weighted by Gasteiger charge is -2.08. The lowest BCUT2D eigenvalue weighted by Crippen LogP contribution is -2.12. The lowest BCUT2D eigenvalue weighted by molar-refractivity contribution is 0.0982. The molecule has 3 nitrogen and oxygen atoms in total. The summed E-state index contributed by atoms with van der Waals surface area (Å²) in [7, 11) is 0. The van der Waals surface area contributed by atoms with E-state index in [2.05, 4.69) is 21.0 Å². The molecule has 0 unspecified atom stereocenters. The highest BCUT2D eigenvalue weighted by atomic mass is 79.9. The van der Waals surface area contributed by atoms with Gasteiger partial charge in [0.25, 0.3) is 0 Å². The number of aromatic nitrogens is 2. The van der Waals surface area contributed by atoms with Crippen LogP contribution in [0.4, 0.5) is 0 Å². The van der Waals surface area contributed by atoms with Crippen molar-refractivity contribution in [3.05, 3.63) is 50.2 Å². The molecule has 0 saturated carbocycles. The van der Waals surface area contributed by atoms with Crippen LogP contribution in [0.3, 0.4) is 0 Å². The second-order valence-corrected chi connectivity index (χ2v) is 5.63. The lowest BCUT2D eigenvalue weighted by atomic mass is 10.1. The Morgan fingerprint density at radius 3 is 2.58 bits per heavy atom. The fourth-order valence-corrected chi connectivity index (χ4v) is 2.87. The summed E-state index contributed by atoms with van der Waals surface area (Å²) in [5.41, 5.74) is 1.19. The van der Waals surface area contributed by atoms with E-state index in [9.17, 15) is 4.79 Å². The normalized spacial score (nSPS) is 10.7. The van der Waals surface area contributed by atoms with Crippen molar-refractivity contribution in [1.82, 2.24) is 9.78 Å². The molecule has 0 aliphatic carbocycles. The summed E-state index contributed by atoms with van der Waals surface area (Å²) in [6.45, 7) is 2.56. The van der Waals surface area contributed by atoms with Crippen LogP contribution in [-0.4, -0.2) is 15.6 Å². The second kappa shape index (κ2) is 6.07. The van der Waals surface area contributed by atoms with Crippen molar-refractivity contribution in [2.45, 2.75) is 19.9 Å². The molecular formula is C13H11BrCl2N2O. The Labute approximate surface area is 129 Å². The van der Waals surface area contributed by atoms with Crippen LogP contribution in [0.1, 0.15) is 23.0 Å². The summed E-state index contributed by atoms with van der Waals surface area (Å²) in [6.07, 6.45) is 1.77. The summed E-state index contributed by atoms with van der Waals surface area (Å²) in [5.74, 6) is -0.0683. The molecule has 0 saturated heterocycles. The number of halogens is 3. The molecule has 0 fully saturated rings. The minimum Gasteiger partial charge on any atom is -0.292 e. The number of carbonyl (C=O) groups excluding carboxylic acids is 1. The maximum atomic E-state index is 12.4. The molecule has 0 atom stereocenters. The molecule has 100 valence electrons. The van der Waals surface area contributed by atoms with E-state index in [1.54, 1.807) is 29.1 Å². The molecule has 1 aromatic carbocycles. The number of ketones is 1. The first-order chi connectivity index (χ1) is 9.04. The highest BCUT2D eigenvalue weighted by molar-refractivity contribution is 9.10. The zero-order chi connectivity index (χ0) is 14.0. The van der Waals surface area contributed by atoms with Crippen LogP contribution in [0.25, 0.3) is 0 Å². The Hall–Kier alpha value is -0.840. The van der Waals surface area contributed by atoms with E-state index in [0.29, 0.717) is 32.3 Å². The van der Waals surface area contributed by atoms with E-state index < -0.39 is 0 Å². The van der Waals surface area contributed by atoms with E-state index in [0.717, 1.165) is 0 Å². The summed E-state index contributed by atoms with van der Waals surface area (Å²) in [4.78, 5) is 12.4. The van der Waals surface area contributed by atoms with Gasteiger partial charge in [-0.2, -0.15) is 5.10 Å². The fourth-order valence-electron chi connectivity index (χ4n) is 1.82. The first-order valence-corrected chi connectivity index (χ1v) is 7.26. The Kier molecular flexibility index (Phi) is 4.66. The minimum absolute atomic E-state index is 0.0683. The molecule has 2 rings (SSSR count). The van der Waals surface area contributed by atoms with Gasteiger partial charge in [-0.05, 0) is 40.5 Å². The zero-order valence-corrected chi connectivity index (χ0v) is 13.3. The average molecular weight is 362 g/mol. The van der Waals surface area contributed by atoms with Crippen LogP contribution in [-0.2, 0) is 13.0 Å². The van der Waals surface area contributed by atoms with Gasteiger partial charge >= 0.3 is 0 Å². The zero-order valence-electron chi connectivity index (χ0n) is 10.2. The number of hydrogen-bond donors (Lipinski definition) is 0. The molecular weight excluding hydrogens is 351 g/mol. The molecule has 0 amide bonds. The van der Waals surface area contributed by atoms with Gasteiger partial charge in [0.2, 0.25) is 0 Å². The van der Waals surface area contributed by atoms with Crippen molar-refractivity contribution in [2.75, 3.05) is 0 Å². The van der Waals surface area contributed by atoms with Gasteiger partial charge in [0, 0.05) is 23.0 Å². The summed E-state index contributed by atoms with van der Waals surface area (Å²) < 4.78 is 2.33. The smallest absolute Gasteiger partial charge is 0.186 e. The number of aryl methyl sites for hydroxylation is 1. The van der Waals surface area contributed by atoms with Crippen LogP contribution in [0.5, 0.6) is 0 Å². The molecule has 6 heteroatoms. The van der Waals surface area contributed by atoms with Crippen molar-refractivity contribution in [1.29, 1.82) is 0 Å². The van der Waals surface area contributed by atoms with Crippen LogP contribution < -0.4 is 0 Å². The van der Waals surface area contributed by atoms with Crippen LogP contribution in [0.15, 0.2) is 28.9 Å². The standard InChI is InChI=1S/C13H11BrCl2N2O/c1-2-18-13(9(14)7-17-18)12(19)6-8-10(15)4-3-5-11(8)16/h3-5,7H,2,6H2,1H3. The number of benzene rings is 1. The molecule has 0 aliphatic heterocycles. The number of rotatable bonds is 4.